The molecule has 116 valence electrons. The van der Waals surface area contributed by atoms with Gasteiger partial charge in [-0.2, -0.15) is 5.10 Å². The molecule has 0 atom stereocenters. The predicted molar refractivity (Wildman–Crippen MR) is 89.9 cm³/mol. The zero-order chi connectivity index (χ0) is 16.2. The Morgan fingerprint density at radius 3 is 2.87 bits per heavy atom. The Morgan fingerprint density at radius 2 is 2.09 bits per heavy atom. The first kappa shape index (κ1) is 15.1. The van der Waals surface area contributed by atoms with Crippen molar-refractivity contribution in [2.45, 2.75) is 6.42 Å². The van der Waals surface area contributed by atoms with E-state index in [1.165, 1.54) is 29.7 Å². The average Bonchev–Trinajstić information content (AvgIpc) is 2.88. The van der Waals surface area contributed by atoms with Crippen LogP contribution < -0.4 is 11.2 Å². The van der Waals surface area contributed by atoms with Crippen molar-refractivity contribution in [1.29, 1.82) is 0 Å². The van der Waals surface area contributed by atoms with Gasteiger partial charge < -0.3 is 5.73 Å². The number of carbonyl (C=O) groups excluding carboxylic acids is 1. The monoisotopic (exact) mass is 328 g/mol. The lowest BCUT2D eigenvalue weighted by atomic mass is 10.1. The first-order valence-corrected chi connectivity index (χ1v) is 7.64. The molecule has 1 heterocycles. The Morgan fingerprint density at radius 1 is 1.30 bits per heavy atom. The fraction of sp³-hybridized carbons (Fsp3) is 0.0625. The third kappa shape index (κ3) is 3.89. The summed E-state index contributed by atoms with van der Waals surface area (Å²) in [4.78, 5) is 16.0. The summed E-state index contributed by atoms with van der Waals surface area (Å²) < 4.78 is 13.7. The smallest absolute Gasteiger partial charge is 0.244 e. The lowest BCUT2D eigenvalue weighted by Gasteiger charge is -2.00. The first-order chi connectivity index (χ1) is 11.1. The molecule has 1 aromatic heterocycles. The molecule has 0 bridgehead atoms. The van der Waals surface area contributed by atoms with E-state index in [9.17, 15) is 9.18 Å². The number of nitrogen functional groups attached to an aromatic ring is 1. The summed E-state index contributed by atoms with van der Waals surface area (Å²) in [5.41, 5.74) is 10.5. The number of halogens is 1. The zero-order valence-corrected chi connectivity index (χ0v) is 12.8. The van der Waals surface area contributed by atoms with Gasteiger partial charge in [-0.15, -0.1) is 0 Å². The summed E-state index contributed by atoms with van der Waals surface area (Å²) in [6.45, 7) is 0. The van der Waals surface area contributed by atoms with Crippen LogP contribution in [0, 0.1) is 5.82 Å². The minimum Gasteiger partial charge on any atom is -0.375 e. The fourth-order valence-electron chi connectivity index (χ4n) is 2.05. The number of nitrogens with zero attached hydrogens (tertiary/aromatic N) is 2. The topological polar surface area (TPSA) is 80.4 Å². The molecule has 0 aliphatic carbocycles. The van der Waals surface area contributed by atoms with Crippen LogP contribution in [0.15, 0.2) is 47.6 Å². The molecule has 0 radical (unpaired) electrons. The number of rotatable bonds is 4. The summed E-state index contributed by atoms with van der Waals surface area (Å²) in [7, 11) is 0. The Balaban J connectivity index is 1.60. The summed E-state index contributed by atoms with van der Waals surface area (Å²) in [5, 5.41) is 4.36. The van der Waals surface area contributed by atoms with Crippen LogP contribution in [0.4, 0.5) is 9.52 Å². The molecule has 23 heavy (non-hydrogen) atoms. The van der Waals surface area contributed by atoms with Crippen molar-refractivity contribution in [2.24, 2.45) is 5.10 Å². The van der Waals surface area contributed by atoms with Gasteiger partial charge in [0.1, 0.15) is 5.82 Å². The van der Waals surface area contributed by atoms with E-state index in [4.69, 9.17) is 5.73 Å². The fourth-order valence-corrected chi connectivity index (χ4v) is 2.85. The maximum atomic E-state index is 12.8. The highest BCUT2D eigenvalue weighted by atomic mass is 32.1. The third-order valence-electron chi connectivity index (χ3n) is 3.11. The second kappa shape index (κ2) is 6.53. The molecule has 0 aliphatic rings. The maximum absolute atomic E-state index is 12.8. The summed E-state index contributed by atoms with van der Waals surface area (Å²) in [5.74, 6) is -0.550. The van der Waals surface area contributed by atoms with E-state index in [1.54, 1.807) is 12.1 Å². The van der Waals surface area contributed by atoms with Crippen LogP contribution in [0.5, 0.6) is 0 Å². The number of hydrogen-bond donors (Lipinski definition) is 2. The minimum absolute atomic E-state index is 0.203. The largest absolute Gasteiger partial charge is 0.375 e. The summed E-state index contributed by atoms with van der Waals surface area (Å²) in [6, 6.07) is 11.4. The molecule has 5 nitrogen and oxygen atoms in total. The van der Waals surface area contributed by atoms with Gasteiger partial charge in [0, 0.05) is 0 Å². The van der Waals surface area contributed by atoms with E-state index < -0.39 is 0 Å². The van der Waals surface area contributed by atoms with E-state index in [0.717, 1.165) is 15.8 Å². The number of anilines is 1. The molecule has 0 unspecified atom stereocenters. The number of benzene rings is 2. The second-order valence-electron chi connectivity index (χ2n) is 4.88. The van der Waals surface area contributed by atoms with Gasteiger partial charge >= 0.3 is 0 Å². The standard InChI is InChI=1S/C16H13FN4OS/c17-12-4-1-10(2-5-12)9-19-21-15(22)8-11-3-6-13-14(7-11)23-16(18)20-13/h1-7,9H,8H2,(H2,18,20)(H,21,22)/b19-9-. The number of amides is 1. The van der Waals surface area contributed by atoms with E-state index in [2.05, 4.69) is 15.5 Å². The molecule has 0 saturated heterocycles. The lowest BCUT2D eigenvalue weighted by molar-refractivity contribution is -0.120. The van der Waals surface area contributed by atoms with Crippen molar-refractivity contribution in [3.05, 3.63) is 59.4 Å². The molecule has 1 amide bonds. The van der Waals surface area contributed by atoms with Gasteiger partial charge in [0.15, 0.2) is 5.13 Å². The molecule has 3 aromatic rings. The van der Waals surface area contributed by atoms with Gasteiger partial charge in [0.2, 0.25) is 5.91 Å². The molecular weight excluding hydrogens is 315 g/mol. The number of fused-ring (bicyclic) bond motifs is 1. The quantitative estimate of drug-likeness (QED) is 0.571. The third-order valence-corrected chi connectivity index (χ3v) is 3.95. The van der Waals surface area contributed by atoms with Gasteiger partial charge in [-0.05, 0) is 35.4 Å². The number of thiazole rings is 1. The van der Waals surface area contributed by atoms with Crippen molar-refractivity contribution >= 4 is 38.8 Å². The summed E-state index contributed by atoms with van der Waals surface area (Å²) >= 11 is 1.38. The Labute approximate surface area is 135 Å². The van der Waals surface area contributed by atoms with E-state index in [-0.39, 0.29) is 18.1 Å². The number of aromatic nitrogens is 1. The number of carbonyl (C=O) groups is 1. The number of nitrogens with two attached hydrogens (primary N) is 1. The van der Waals surface area contributed by atoms with Crippen LogP contribution in [0.2, 0.25) is 0 Å². The van der Waals surface area contributed by atoms with Crippen molar-refractivity contribution in [2.75, 3.05) is 5.73 Å². The minimum atomic E-state index is -0.315. The Kier molecular flexibility index (Phi) is 4.29. The van der Waals surface area contributed by atoms with Crippen LogP contribution in [0.25, 0.3) is 10.2 Å². The van der Waals surface area contributed by atoms with Crippen LogP contribution in [-0.2, 0) is 11.2 Å². The first-order valence-electron chi connectivity index (χ1n) is 6.82. The van der Waals surface area contributed by atoms with Crippen LogP contribution >= 0.6 is 11.3 Å². The highest BCUT2D eigenvalue weighted by Gasteiger charge is 2.06. The normalized spacial score (nSPS) is 11.2. The van der Waals surface area contributed by atoms with Crippen LogP contribution in [0.3, 0.4) is 0 Å². The van der Waals surface area contributed by atoms with Gasteiger partial charge in [0.25, 0.3) is 0 Å². The Bertz CT molecular complexity index is 873. The molecule has 7 heteroatoms. The van der Waals surface area contributed by atoms with Crippen molar-refractivity contribution in [1.82, 2.24) is 10.4 Å². The molecule has 0 fully saturated rings. The van der Waals surface area contributed by atoms with E-state index >= 15 is 0 Å². The molecule has 0 saturated carbocycles. The predicted octanol–water partition coefficient (Wildman–Crippen LogP) is 2.71. The number of nitrogens with one attached hydrogen (secondary N) is 1. The van der Waals surface area contributed by atoms with Gasteiger partial charge in [-0.25, -0.2) is 14.8 Å². The van der Waals surface area contributed by atoms with Crippen LogP contribution in [-0.4, -0.2) is 17.1 Å². The second-order valence-corrected chi connectivity index (χ2v) is 5.94. The SMILES string of the molecule is Nc1nc2ccc(CC(=O)N/N=C\c3ccc(F)cc3)cc2s1. The van der Waals surface area contributed by atoms with Gasteiger partial charge in [0.05, 0.1) is 22.9 Å². The molecule has 3 rings (SSSR count). The zero-order valence-electron chi connectivity index (χ0n) is 12.0. The van der Waals surface area contributed by atoms with Gasteiger partial charge in [-0.3, -0.25) is 4.79 Å². The maximum Gasteiger partial charge on any atom is 0.244 e. The average molecular weight is 328 g/mol. The van der Waals surface area contributed by atoms with Gasteiger partial charge in [-0.1, -0.05) is 29.5 Å². The molecule has 0 spiro atoms. The molecular formula is C16H13FN4OS. The van der Waals surface area contributed by atoms with E-state index in [0.29, 0.717) is 10.7 Å². The molecule has 0 aliphatic heterocycles. The summed E-state index contributed by atoms with van der Waals surface area (Å²) in [6.07, 6.45) is 1.67. The van der Waals surface area contributed by atoms with E-state index in [1.807, 2.05) is 18.2 Å². The lowest BCUT2D eigenvalue weighted by Crippen LogP contribution is -2.19. The number of hydrazone groups is 1. The number of hydrogen-bond acceptors (Lipinski definition) is 5. The van der Waals surface area contributed by atoms with Crippen molar-refractivity contribution in [3.63, 3.8) is 0 Å². The highest BCUT2D eigenvalue weighted by molar-refractivity contribution is 7.22. The van der Waals surface area contributed by atoms with Crippen LogP contribution in [0.1, 0.15) is 11.1 Å². The Hall–Kier alpha value is -2.80. The molecule has 3 N–H and O–H groups in total. The van der Waals surface area contributed by atoms with Crippen molar-refractivity contribution in [3.8, 4) is 0 Å². The highest BCUT2D eigenvalue weighted by Crippen LogP contribution is 2.24. The van der Waals surface area contributed by atoms with Crippen molar-refractivity contribution < 1.29 is 9.18 Å². The molecule has 2 aromatic carbocycles.